The molecule has 168 valence electrons. The summed E-state index contributed by atoms with van der Waals surface area (Å²) < 4.78 is 6.65. The number of carbonyl (C=O) groups excluding carboxylic acids is 2. The Morgan fingerprint density at radius 1 is 1.10 bits per heavy atom. The molecule has 0 radical (unpaired) electrons. The van der Waals surface area contributed by atoms with Gasteiger partial charge in [-0.1, -0.05) is 32.4 Å². The van der Waals surface area contributed by atoms with E-state index in [-0.39, 0.29) is 23.5 Å². The third-order valence-corrected chi connectivity index (χ3v) is 9.79. The molecule has 1 heterocycles. The maximum Gasteiger partial charge on any atom is 0.226 e. The van der Waals surface area contributed by atoms with Crippen molar-refractivity contribution in [2.45, 2.75) is 77.4 Å². The minimum atomic E-state index is -0.172. The van der Waals surface area contributed by atoms with Crippen molar-refractivity contribution in [1.29, 1.82) is 0 Å². The molecule has 1 aromatic carbocycles. The van der Waals surface area contributed by atoms with Crippen LogP contribution in [0.4, 0.5) is 5.69 Å². The topological polar surface area (TPSA) is 58.6 Å². The summed E-state index contributed by atoms with van der Waals surface area (Å²) in [5, 5.41) is 2.76. The average Bonchev–Trinajstić information content (AvgIpc) is 3.15. The fraction of sp³-hybridized carbons (Fsp3) is 0.692. The lowest BCUT2D eigenvalue weighted by Gasteiger charge is -2.63. The summed E-state index contributed by atoms with van der Waals surface area (Å²) in [7, 11) is 1.99. The molecule has 0 spiro atoms. The Kier molecular flexibility index (Phi) is 5.06. The number of hydrogen-bond acceptors (Lipinski definition) is 3. The molecule has 4 fully saturated rings. The van der Waals surface area contributed by atoms with E-state index in [4.69, 9.17) is 4.74 Å². The number of ether oxygens (including phenoxy) is 1. The summed E-state index contributed by atoms with van der Waals surface area (Å²) in [5.41, 5.74) is 1.10. The van der Waals surface area contributed by atoms with E-state index in [1.54, 1.807) is 0 Å². The van der Waals surface area contributed by atoms with E-state index in [1.807, 2.05) is 36.2 Å². The minimum Gasteiger partial charge on any atom is -0.487 e. The van der Waals surface area contributed by atoms with Crippen LogP contribution in [0.1, 0.15) is 65.2 Å². The molecule has 2 unspecified atom stereocenters. The van der Waals surface area contributed by atoms with Crippen LogP contribution in [0.25, 0.3) is 0 Å². The standard InChI is InChI=1S/C26H36N2O3/c1-25-13-6-7-18(25)17-10-11-22-26(2,19(17)12-14-25)23(15-24(30)28(22)3)31-21-9-5-4-8-20(21)27-16-29/h4-5,8-9,16-19,22-23H,6-7,10-15H2,1-3H3,(H,27,29)/t17-,18-,19+,22?,23?,25-,26+/m0/s1. The molecule has 3 aliphatic carbocycles. The van der Waals surface area contributed by atoms with Gasteiger partial charge in [-0.05, 0) is 73.8 Å². The summed E-state index contributed by atoms with van der Waals surface area (Å²) in [5.74, 6) is 2.97. The van der Waals surface area contributed by atoms with Crippen LogP contribution in [-0.2, 0) is 9.59 Å². The molecule has 5 nitrogen and oxygen atoms in total. The number of hydrogen-bond donors (Lipinski definition) is 1. The van der Waals surface area contributed by atoms with E-state index in [0.29, 0.717) is 35.6 Å². The molecular weight excluding hydrogens is 388 g/mol. The molecule has 1 saturated heterocycles. The van der Waals surface area contributed by atoms with Crippen LogP contribution in [0.5, 0.6) is 5.75 Å². The van der Waals surface area contributed by atoms with Crippen molar-refractivity contribution in [2.24, 2.45) is 28.6 Å². The third-order valence-electron chi connectivity index (χ3n) is 9.79. The first kappa shape index (κ1) is 20.8. The second-order valence-corrected chi connectivity index (χ2v) is 11.0. The van der Waals surface area contributed by atoms with Crippen LogP contribution in [0.3, 0.4) is 0 Å². The van der Waals surface area contributed by atoms with Crippen molar-refractivity contribution in [3.63, 3.8) is 0 Å². The van der Waals surface area contributed by atoms with Crippen molar-refractivity contribution >= 4 is 18.0 Å². The van der Waals surface area contributed by atoms with Gasteiger partial charge in [-0.15, -0.1) is 0 Å². The van der Waals surface area contributed by atoms with Crippen LogP contribution in [0.15, 0.2) is 24.3 Å². The number of anilines is 1. The molecule has 7 atom stereocenters. The molecule has 31 heavy (non-hydrogen) atoms. The van der Waals surface area contributed by atoms with Gasteiger partial charge >= 0.3 is 0 Å². The van der Waals surface area contributed by atoms with E-state index in [0.717, 1.165) is 18.3 Å². The van der Waals surface area contributed by atoms with Crippen molar-refractivity contribution in [3.8, 4) is 5.75 Å². The van der Waals surface area contributed by atoms with E-state index in [1.165, 1.54) is 38.5 Å². The van der Waals surface area contributed by atoms with E-state index >= 15 is 0 Å². The van der Waals surface area contributed by atoms with Crippen molar-refractivity contribution in [1.82, 2.24) is 4.90 Å². The number of nitrogens with one attached hydrogen (secondary N) is 1. The summed E-state index contributed by atoms with van der Waals surface area (Å²) >= 11 is 0. The van der Waals surface area contributed by atoms with Crippen molar-refractivity contribution < 1.29 is 14.3 Å². The molecule has 0 aromatic heterocycles. The summed E-state index contributed by atoms with van der Waals surface area (Å²) in [6, 6.07) is 7.80. The largest absolute Gasteiger partial charge is 0.487 e. The predicted octanol–water partition coefficient (Wildman–Crippen LogP) is 4.87. The first-order valence-electron chi connectivity index (χ1n) is 12.1. The maximum absolute atomic E-state index is 13.0. The maximum atomic E-state index is 13.0. The molecule has 4 aliphatic rings. The molecule has 3 saturated carbocycles. The summed E-state index contributed by atoms with van der Waals surface area (Å²) in [6.07, 6.45) is 9.88. The number of piperidine rings is 1. The second kappa shape index (κ2) is 7.53. The number of likely N-dealkylation sites (tertiary alicyclic amines) is 1. The molecular formula is C26H36N2O3. The van der Waals surface area contributed by atoms with Gasteiger partial charge in [0, 0.05) is 18.5 Å². The number of amides is 2. The second-order valence-electron chi connectivity index (χ2n) is 11.0. The zero-order valence-electron chi connectivity index (χ0n) is 19.1. The number of rotatable bonds is 4. The summed E-state index contributed by atoms with van der Waals surface area (Å²) in [4.78, 5) is 26.1. The Hall–Kier alpha value is -2.04. The minimum absolute atomic E-state index is 0.0796. The number of carbonyl (C=O) groups is 2. The monoisotopic (exact) mass is 424 g/mol. The van der Waals surface area contributed by atoms with Crippen LogP contribution in [-0.4, -0.2) is 36.4 Å². The van der Waals surface area contributed by atoms with Crippen LogP contribution >= 0.6 is 0 Å². The lowest BCUT2D eigenvalue weighted by Crippen LogP contribution is -2.67. The lowest BCUT2D eigenvalue weighted by atomic mass is 9.47. The van der Waals surface area contributed by atoms with Gasteiger partial charge in [0.05, 0.1) is 12.1 Å². The number of benzene rings is 1. The zero-order chi connectivity index (χ0) is 21.8. The molecule has 5 rings (SSSR count). The smallest absolute Gasteiger partial charge is 0.226 e. The Morgan fingerprint density at radius 3 is 2.71 bits per heavy atom. The Balaban J connectivity index is 1.51. The van der Waals surface area contributed by atoms with E-state index in [2.05, 4.69) is 19.2 Å². The van der Waals surface area contributed by atoms with Gasteiger partial charge in [0.1, 0.15) is 11.9 Å². The van der Waals surface area contributed by atoms with Gasteiger partial charge in [-0.2, -0.15) is 0 Å². The molecule has 0 bridgehead atoms. The van der Waals surface area contributed by atoms with Gasteiger partial charge in [0.25, 0.3) is 0 Å². The third kappa shape index (κ3) is 3.10. The predicted molar refractivity (Wildman–Crippen MR) is 121 cm³/mol. The van der Waals surface area contributed by atoms with Gasteiger partial charge in [-0.25, -0.2) is 0 Å². The fourth-order valence-corrected chi connectivity index (χ4v) is 8.20. The molecule has 1 N–H and O–H groups in total. The van der Waals surface area contributed by atoms with E-state index in [9.17, 15) is 9.59 Å². The number of fused-ring (bicyclic) bond motifs is 5. The van der Waals surface area contributed by atoms with E-state index < -0.39 is 0 Å². The zero-order valence-corrected chi connectivity index (χ0v) is 19.1. The number of para-hydroxylation sites is 2. The van der Waals surface area contributed by atoms with Gasteiger partial charge in [0.15, 0.2) is 0 Å². The highest BCUT2D eigenvalue weighted by atomic mass is 16.5. The molecule has 1 aromatic rings. The Labute approximate surface area is 185 Å². The van der Waals surface area contributed by atoms with Crippen LogP contribution < -0.4 is 10.1 Å². The first-order valence-corrected chi connectivity index (χ1v) is 12.1. The molecule has 1 aliphatic heterocycles. The Bertz CT molecular complexity index is 872. The van der Waals surface area contributed by atoms with Crippen LogP contribution in [0.2, 0.25) is 0 Å². The SMILES string of the molecule is CN1C(=O)CC(Oc2ccccc2NC=O)[C@@]2(C)C1CC[C@@H]1[C@H]2CC[C@]2(C)CCC[C@@H]12. The van der Waals surface area contributed by atoms with Gasteiger partial charge in [0.2, 0.25) is 12.3 Å². The first-order chi connectivity index (χ1) is 14.9. The normalized spacial score (nSPS) is 41.7. The molecule has 2 amide bonds. The fourth-order valence-electron chi connectivity index (χ4n) is 8.20. The van der Waals surface area contributed by atoms with Crippen molar-refractivity contribution in [2.75, 3.05) is 12.4 Å². The highest BCUT2D eigenvalue weighted by Gasteiger charge is 2.63. The highest BCUT2D eigenvalue weighted by molar-refractivity contribution is 5.79. The quantitative estimate of drug-likeness (QED) is 0.702. The Morgan fingerprint density at radius 2 is 1.90 bits per heavy atom. The number of nitrogens with zero attached hydrogens (tertiary/aromatic N) is 1. The van der Waals surface area contributed by atoms with Crippen molar-refractivity contribution in [3.05, 3.63) is 24.3 Å². The lowest BCUT2D eigenvalue weighted by molar-refractivity contribution is -0.180. The highest BCUT2D eigenvalue weighted by Crippen LogP contribution is 2.65. The van der Waals surface area contributed by atoms with Gasteiger partial charge in [-0.3, -0.25) is 9.59 Å². The van der Waals surface area contributed by atoms with Crippen LogP contribution in [0, 0.1) is 28.6 Å². The average molecular weight is 425 g/mol. The van der Waals surface area contributed by atoms with Gasteiger partial charge < -0.3 is 15.0 Å². The summed E-state index contributed by atoms with van der Waals surface area (Å²) in [6.45, 7) is 4.93. The molecule has 5 heteroatoms.